The summed E-state index contributed by atoms with van der Waals surface area (Å²) in [6.07, 6.45) is -2.21. The fraction of sp³-hybridized carbons (Fsp3) is 0.0714. The molecule has 0 unspecified atom stereocenters. The summed E-state index contributed by atoms with van der Waals surface area (Å²) in [5.74, 6) is -1.96. The lowest BCUT2D eigenvalue weighted by atomic mass is 10.2. The number of aromatic amines is 1. The lowest BCUT2D eigenvalue weighted by Crippen LogP contribution is -2.05. The van der Waals surface area contributed by atoms with Gasteiger partial charge in [-0.3, -0.25) is 0 Å². The van der Waals surface area contributed by atoms with E-state index in [4.69, 9.17) is 0 Å². The zero-order valence-corrected chi connectivity index (χ0v) is 12.0. The molecule has 3 aromatic rings. The van der Waals surface area contributed by atoms with E-state index in [0.717, 1.165) is 36.3 Å². The largest absolute Gasteiger partial charge is 0.417 e. The van der Waals surface area contributed by atoms with Gasteiger partial charge >= 0.3 is 6.18 Å². The molecule has 9 heteroatoms. The first-order valence-electron chi connectivity index (χ1n) is 6.27. The van der Waals surface area contributed by atoms with Gasteiger partial charge in [0.25, 0.3) is 0 Å². The number of nitrogens with zero attached hydrogens (tertiary/aromatic N) is 1. The van der Waals surface area contributed by atoms with Crippen molar-refractivity contribution in [1.82, 2.24) is 9.97 Å². The molecule has 0 aliphatic carbocycles. The normalized spacial score (nSPS) is 11.9. The van der Waals surface area contributed by atoms with Crippen molar-refractivity contribution in [2.45, 2.75) is 11.2 Å². The molecule has 0 atom stereocenters. The Morgan fingerprint density at radius 2 is 1.83 bits per heavy atom. The van der Waals surface area contributed by atoms with E-state index in [0.29, 0.717) is 21.6 Å². The second-order valence-electron chi connectivity index (χ2n) is 4.60. The standard InChI is InChI=1S/C14H8F5N3S/c15-9-3-8-11(4-10(9)16)20-6-12(8)22-23-13-2-1-7(5-21-13)14(17,18)19/h1-6,20,22H. The van der Waals surface area contributed by atoms with Gasteiger partial charge in [-0.15, -0.1) is 0 Å². The van der Waals surface area contributed by atoms with E-state index in [1.807, 2.05) is 0 Å². The molecule has 2 aromatic heterocycles. The number of hydrogen-bond donors (Lipinski definition) is 2. The molecule has 0 amide bonds. The van der Waals surface area contributed by atoms with Gasteiger partial charge in [0.1, 0.15) is 5.03 Å². The van der Waals surface area contributed by atoms with Crippen LogP contribution in [0.5, 0.6) is 0 Å². The number of pyridine rings is 1. The van der Waals surface area contributed by atoms with Crippen molar-refractivity contribution >= 4 is 28.5 Å². The highest BCUT2D eigenvalue weighted by Gasteiger charge is 2.30. The van der Waals surface area contributed by atoms with Crippen LogP contribution in [0.2, 0.25) is 0 Å². The molecule has 0 saturated carbocycles. The van der Waals surface area contributed by atoms with Crippen LogP contribution in [0.4, 0.5) is 27.6 Å². The number of rotatable bonds is 3. The Balaban J connectivity index is 1.77. The monoisotopic (exact) mass is 345 g/mol. The molecule has 0 saturated heterocycles. The summed E-state index contributed by atoms with van der Waals surface area (Å²) in [7, 11) is 0. The maximum Gasteiger partial charge on any atom is 0.417 e. The summed E-state index contributed by atoms with van der Waals surface area (Å²) in [4.78, 5) is 6.46. The first-order valence-corrected chi connectivity index (χ1v) is 7.08. The third-order valence-electron chi connectivity index (χ3n) is 3.05. The Morgan fingerprint density at radius 1 is 1.09 bits per heavy atom. The van der Waals surface area contributed by atoms with Crippen molar-refractivity contribution in [3.8, 4) is 0 Å². The minimum absolute atomic E-state index is 0.301. The zero-order valence-electron chi connectivity index (χ0n) is 11.2. The third-order valence-corrected chi connectivity index (χ3v) is 3.82. The number of hydrogen-bond acceptors (Lipinski definition) is 3. The summed E-state index contributed by atoms with van der Waals surface area (Å²) in [5.41, 5.74) is 0.0180. The van der Waals surface area contributed by atoms with Gasteiger partial charge in [0.15, 0.2) is 11.6 Å². The Labute approximate surface area is 131 Å². The SMILES string of the molecule is Fc1cc2[nH]cc(NSc3ccc(C(F)(F)F)cn3)c2cc1F. The van der Waals surface area contributed by atoms with Crippen LogP contribution in [0.1, 0.15) is 5.56 Å². The fourth-order valence-corrected chi connectivity index (χ4v) is 2.54. The van der Waals surface area contributed by atoms with E-state index in [2.05, 4.69) is 14.7 Å². The van der Waals surface area contributed by atoms with Crippen LogP contribution in [0.25, 0.3) is 10.9 Å². The van der Waals surface area contributed by atoms with E-state index in [1.165, 1.54) is 12.3 Å². The molecule has 1 aromatic carbocycles. The van der Waals surface area contributed by atoms with Crippen LogP contribution in [0.3, 0.4) is 0 Å². The van der Waals surface area contributed by atoms with E-state index in [9.17, 15) is 22.0 Å². The summed E-state index contributed by atoms with van der Waals surface area (Å²) < 4.78 is 66.6. The van der Waals surface area contributed by atoms with Crippen LogP contribution in [0, 0.1) is 11.6 Å². The van der Waals surface area contributed by atoms with Gasteiger partial charge in [-0.1, -0.05) is 0 Å². The predicted molar refractivity (Wildman–Crippen MR) is 76.9 cm³/mol. The molecule has 0 spiro atoms. The molecule has 23 heavy (non-hydrogen) atoms. The number of nitrogens with one attached hydrogen (secondary N) is 2. The molecule has 2 heterocycles. The molecule has 3 rings (SSSR count). The van der Waals surface area contributed by atoms with E-state index in [-0.39, 0.29) is 0 Å². The van der Waals surface area contributed by atoms with Crippen molar-refractivity contribution < 1.29 is 22.0 Å². The Morgan fingerprint density at radius 3 is 2.48 bits per heavy atom. The molecule has 0 fully saturated rings. The molecular formula is C14H8F5N3S. The molecule has 3 nitrogen and oxygen atoms in total. The number of benzene rings is 1. The Kier molecular flexibility index (Phi) is 3.88. The molecule has 0 aliphatic rings. The summed E-state index contributed by atoms with van der Waals surface area (Å²) in [5, 5.41) is 0.721. The average Bonchev–Trinajstić information content (AvgIpc) is 2.87. The van der Waals surface area contributed by atoms with Crippen molar-refractivity contribution in [3.05, 3.63) is 53.9 Å². The lowest BCUT2D eigenvalue weighted by molar-refractivity contribution is -0.137. The van der Waals surface area contributed by atoms with Crippen LogP contribution in [-0.2, 0) is 6.18 Å². The number of H-pyrrole nitrogens is 1. The van der Waals surface area contributed by atoms with Crippen molar-refractivity contribution in [3.63, 3.8) is 0 Å². The van der Waals surface area contributed by atoms with Gasteiger partial charge in [0.05, 0.1) is 16.8 Å². The van der Waals surface area contributed by atoms with E-state index in [1.54, 1.807) is 0 Å². The number of anilines is 1. The fourth-order valence-electron chi connectivity index (χ4n) is 1.92. The lowest BCUT2D eigenvalue weighted by Gasteiger charge is -2.07. The summed E-state index contributed by atoms with van der Waals surface area (Å²) >= 11 is 0.958. The highest BCUT2D eigenvalue weighted by molar-refractivity contribution is 8.00. The minimum Gasteiger partial charge on any atom is -0.359 e. The first-order chi connectivity index (χ1) is 10.8. The number of aromatic nitrogens is 2. The molecule has 120 valence electrons. The number of alkyl halides is 3. The number of fused-ring (bicyclic) bond motifs is 1. The molecule has 0 radical (unpaired) electrons. The van der Waals surface area contributed by atoms with Crippen molar-refractivity contribution in [2.24, 2.45) is 0 Å². The highest BCUT2D eigenvalue weighted by atomic mass is 32.2. The third kappa shape index (κ3) is 3.24. The van der Waals surface area contributed by atoms with Crippen molar-refractivity contribution in [1.29, 1.82) is 0 Å². The maximum absolute atomic E-state index is 13.3. The van der Waals surface area contributed by atoms with Gasteiger partial charge in [-0.05, 0) is 18.2 Å². The van der Waals surface area contributed by atoms with Gasteiger partial charge in [0, 0.05) is 35.8 Å². The van der Waals surface area contributed by atoms with Crippen molar-refractivity contribution in [2.75, 3.05) is 4.72 Å². The first kappa shape index (κ1) is 15.6. The quantitative estimate of drug-likeness (QED) is 0.520. The molecule has 2 N–H and O–H groups in total. The van der Waals surface area contributed by atoms with Gasteiger partial charge in [-0.2, -0.15) is 13.2 Å². The summed E-state index contributed by atoms with van der Waals surface area (Å²) in [6.45, 7) is 0. The Bertz CT molecular complexity index is 842. The maximum atomic E-state index is 13.3. The molecular weight excluding hydrogens is 337 g/mol. The van der Waals surface area contributed by atoms with Crippen LogP contribution in [-0.4, -0.2) is 9.97 Å². The number of halogens is 5. The average molecular weight is 345 g/mol. The second-order valence-corrected chi connectivity index (χ2v) is 5.43. The topological polar surface area (TPSA) is 40.7 Å². The minimum atomic E-state index is -4.44. The van der Waals surface area contributed by atoms with Gasteiger partial charge < -0.3 is 9.71 Å². The van der Waals surface area contributed by atoms with E-state index >= 15 is 0 Å². The summed E-state index contributed by atoms with van der Waals surface area (Å²) in [6, 6.07) is 4.19. The predicted octanol–water partition coefficient (Wildman–Crippen LogP) is 4.98. The second kappa shape index (κ2) is 5.73. The Hall–Kier alpha value is -2.29. The zero-order chi connectivity index (χ0) is 16.6. The van der Waals surface area contributed by atoms with Crippen LogP contribution >= 0.6 is 11.9 Å². The van der Waals surface area contributed by atoms with Gasteiger partial charge in [0.2, 0.25) is 0 Å². The van der Waals surface area contributed by atoms with Gasteiger partial charge in [-0.25, -0.2) is 13.8 Å². The smallest absolute Gasteiger partial charge is 0.359 e. The van der Waals surface area contributed by atoms with Crippen LogP contribution in [0.15, 0.2) is 41.7 Å². The van der Waals surface area contributed by atoms with E-state index < -0.39 is 23.4 Å². The van der Waals surface area contributed by atoms with Crippen LogP contribution < -0.4 is 4.72 Å². The molecule has 0 bridgehead atoms. The highest BCUT2D eigenvalue weighted by Crippen LogP contribution is 2.31. The molecule has 0 aliphatic heterocycles.